The van der Waals surface area contributed by atoms with Crippen LogP contribution >= 0.6 is 0 Å². The van der Waals surface area contributed by atoms with Crippen molar-refractivity contribution in [2.75, 3.05) is 5.75 Å². The highest BCUT2D eigenvalue weighted by Crippen LogP contribution is 2.23. The zero-order valence-electron chi connectivity index (χ0n) is 9.53. The molecule has 0 spiro atoms. The highest BCUT2D eigenvalue weighted by atomic mass is 32.2. The van der Waals surface area contributed by atoms with Crippen molar-refractivity contribution in [1.82, 2.24) is 0 Å². The number of hydrogen-bond donors (Lipinski definition) is 0. The molecule has 1 aromatic rings. The first-order valence-corrected chi connectivity index (χ1v) is 8.10. The fraction of sp³-hybridized carbons (Fsp3) is 0.300. The predicted octanol–water partition coefficient (Wildman–Crippen LogP) is 0.895. The van der Waals surface area contributed by atoms with Gasteiger partial charge in [-0.05, 0) is 18.6 Å². The van der Waals surface area contributed by atoms with Gasteiger partial charge in [-0.15, -0.1) is 0 Å². The molecule has 0 aromatic heterocycles. The molecular formula is C10H11NO5S2. The lowest BCUT2D eigenvalue weighted by Crippen LogP contribution is -2.11. The summed E-state index contributed by atoms with van der Waals surface area (Å²) in [4.78, 5) is 9.22. The number of nitrogens with zero attached hydrogens (tertiary/aromatic N) is 1. The molecule has 0 radical (unpaired) electrons. The Labute approximate surface area is 105 Å². The SMILES string of the molecule is CCCS(=O)(=O)c1ccccc1S(=O)(=O)N=C=O. The van der Waals surface area contributed by atoms with E-state index in [-0.39, 0.29) is 10.6 Å². The Kier molecular flexibility index (Phi) is 4.39. The molecule has 0 atom stereocenters. The third kappa shape index (κ3) is 3.04. The molecule has 0 bridgehead atoms. The van der Waals surface area contributed by atoms with Gasteiger partial charge in [0.2, 0.25) is 0 Å². The van der Waals surface area contributed by atoms with E-state index in [1.165, 1.54) is 18.2 Å². The summed E-state index contributed by atoms with van der Waals surface area (Å²) >= 11 is 0. The van der Waals surface area contributed by atoms with Gasteiger partial charge in [0.25, 0.3) is 16.1 Å². The number of isocyanates is 1. The van der Waals surface area contributed by atoms with E-state index in [2.05, 4.69) is 4.40 Å². The molecule has 0 N–H and O–H groups in total. The summed E-state index contributed by atoms with van der Waals surface area (Å²) in [5.41, 5.74) is 0. The zero-order valence-corrected chi connectivity index (χ0v) is 11.2. The first-order chi connectivity index (χ1) is 8.35. The quantitative estimate of drug-likeness (QED) is 0.592. The Morgan fingerprint density at radius 2 is 1.67 bits per heavy atom. The van der Waals surface area contributed by atoms with Gasteiger partial charge in [-0.1, -0.05) is 23.5 Å². The van der Waals surface area contributed by atoms with Crippen LogP contribution in [0.1, 0.15) is 13.3 Å². The summed E-state index contributed by atoms with van der Waals surface area (Å²) in [6.07, 6.45) is 1.26. The largest absolute Gasteiger partial charge is 0.293 e. The summed E-state index contributed by atoms with van der Waals surface area (Å²) in [6.45, 7) is 1.66. The molecule has 1 rings (SSSR count). The van der Waals surface area contributed by atoms with Crippen LogP contribution in [0.4, 0.5) is 0 Å². The summed E-state index contributed by atoms with van der Waals surface area (Å²) < 4.78 is 49.7. The lowest BCUT2D eigenvalue weighted by Gasteiger charge is -2.07. The number of sulfone groups is 1. The third-order valence-electron chi connectivity index (χ3n) is 2.09. The van der Waals surface area contributed by atoms with Crippen molar-refractivity contribution in [1.29, 1.82) is 0 Å². The molecule has 0 unspecified atom stereocenters. The molecule has 0 aliphatic heterocycles. The fourth-order valence-corrected chi connectivity index (χ4v) is 4.28. The fourth-order valence-electron chi connectivity index (χ4n) is 1.40. The molecule has 0 aliphatic rings. The monoisotopic (exact) mass is 289 g/mol. The van der Waals surface area contributed by atoms with Crippen molar-refractivity contribution >= 4 is 25.9 Å². The van der Waals surface area contributed by atoms with Gasteiger partial charge in [-0.25, -0.2) is 13.2 Å². The van der Waals surface area contributed by atoms with E-state index >= 15 is 0 Å². The Bertz CT molecular complexity index is 685. The summed E-state index contributed by atoms with van der Waals surface area (Å²) in [7, 11) is -8.03. The Balaban J connectivity index is 3.56. The predicted molar refractivity (Wildman–Crippen MR) is 64.1 cm³/mol. The average Bonchev–Trinajstić information content (AvgIpc) is 2.29. The van der Waals surface area contributed by atoms with Crippen molar-refractivity contribution in [2.45, 2.75) is 23.1 Å². The smallest absolute Gasteiger partial charge is 0.224 e. The lowest BCUT2D eigenvalue weighted by atomic mass is 10.4. The second-order valence-corrected chi connectivity index (χ2v) is 7.07. The zero-order chi connectivity index (χ0) is 13.8. The van der Waals surface area contributed by atoms with Crippen LogP contribution < -0.4 is 0 Å². The van der Waals surface area contributed by atoms with E-state index in [0.29, 0.717) is 6.42 Å². The van der Waals surface area contributed by atoms with Gasteiger partial charge in [0.05, 0.1) is 10.6 Å². The Hall–Kier alpha value is -1.50. The normalized spacial score (nSPS) is 11.8. The molecule has 6 nitrogen and oxygen atoms in total. The number of hydrogen-bond acceptors (Lipinski definition) is 5. The number of sulfonamides is 1. The molecule has 1 aromatic carbocycles. The van der Waals surface area contributed by atoms with E-state index in [4.69, 9.17) is 0 Å². The summed E-state index contributed by atoms with van der Waals surface area (Å²) in [5.74, 6) is -0.176. The molecule has 18 heavy (non-hydrogen) atoms. The van der Waals surface area contributed by atoms with Gasteiger partial charge in [-0.2, -0.15) is 8.42 Å². The van der Waals surface area contributed by atoms with Crippen LogP contribution in [-0.2, 0) is 24.7 Å². The number of carbonyl (C=O) groups excluding carboxylic acids is 1. The highest BCUT2D eigenvalue weighted by Gasteiger charge is 2.25. The van der Waals surface area contributed by atoms with Gasteiger partial charge in [0.1, 0.15) is 4.90 Å². The minimum Gasteiger partial charge on any atom is -0.224 e. The topological polar surface area (TPSA) is 97.7 Å². The maximum absolute atomic E-state index is 11.9. The van der Waals surface area contributed by atoms with Crippen LogP contribution in [0.3, 0.4) is 0 Å². The summed E-state index contributed by atoms with van der Waals surface area (Å²) in [6, 6.07) is 5.04. The molecule has 98 valence electrons. The van der Waals surface area contributed by atoms with Crippen LogP contribution in [0.15, 0.2) is 38.5 Å². The van der Waals surface area contributed by atoms with Gasteiger partial charge < -0.3 is 0 Å². The number of benzene rings is 1. The standard InChI is InChI=1S/C10H11NO5S2/c1-2-7-17(13,14)9-5-3-4-6-10(9)18(15,16)11-8-12/h3-6H,2,7H2,1H3. The molecule has 0 aliphatic carbocycles. The van der Waals surface area contributed by atoms with Crippen LogP contribution in [0.5, 0.6) is 0 Å². The molecule has 0 heterocycles. The van der Waals surface area contributed by atoms with Crippen molar-refractivity contribution in [3.8, 4) is 0 Å². The number of rotatable bonds is 5. The second kappa shape index (κ2) is 5.43. The van der Waals surface area contributed by atoms with Crippen molar-refractivity contribution in [2.24, 2.45) is 4.40 Å². The molecule has 0 saturated carbocycles. The first-order valence-electron chi connectivity index (χ1n) is 5.01. The van der Waals surface area contributed by atoms with E-state index in [1.54, 1.807) is 6.92 Å². The van der Waals surface area contributed by atoms with Gasteiger partial charge in [-0.3, -0.25) is 0 Å². The van der Waals surface area contributed by atoms with Crippen LogP contribution in [0, 0.1) is 0 Å². The molecular weight excluding hydrogens is 278 g/mol. The van der Waals surface area contributed by atoms with E-state index in [1.807, 2.05) is 0 Å². The lowest BCUT2D eigenvalue weighted by molar-refractivity contribution is 0.562. The van der Waals surface area contributed by atoms with Gasteiger partial charge >= 0.3 is 0 Å². The van der Waals surface area contributed by atoms with Crippen molar-refractivity contribution in [3.63, 3.8) is 0 Å². The maximum Gasteiger partial charge on any atom is 0.293 e. The van der Waals surface area contributed by atoms with E-state index in [9.17, 15) is 21.6 Å². The highest BCUT2D eigenvalue weighted by molar-refractivity contribution is 7.94. The van der Waals surface area contributed by atoms with Crippen LogP contribution in [0.25, 0.3) is 0 Å². The Morgan fingerprint density at radius 3 is 2.17 bits per heavy atom. The average molecular weight is 289 g/mol. The molecule has 0 fully saturated rings. The van der Waals surface area contributed by atoms with Crippen LogP contribution in [0.2, 0.25) is 0 Å². The van der Waals surface area contributed by atoms with E-state index in [0.717, 1.165) is 12.1 Å². The van der Waals surface area contributed by atoms with Crippen molar-refractivity contribution in [3.05, 3.63) is 24.3 Å². The molecule has 0 amide bonds. The minimum atomic E-state index is -4.32. The molecule has 8 heteroatoms. The molecule has 0 saturated heterocycles. The second-order valence-electron chi connectivity index (χ2n) is 3.42. The third-order valence-corrected chi connectivity index (χ3v) is 5.42. The van der Waals surface area contributed by atoms with Crippen molar-refractivity contribution < 1.29 is 21.6 Å². The summed E-state index contributed by atoms with van der Waals surface area (Å²) in [5, 5.41) is 0. The van der Waals surface area contributed by atoms with Gasteiger partial charge in [0.15, 0.2) is 9.84 Å². The maximum atomic E-state index is 11.9. The first kappa shape index (κ1) is 14.6. The van der Waals surface area contributed by atoms with Gasteiger partial charge in [0, 0.05) is 0 Å². The Morgan fingerprint density at radius 1 is 1.11 bits per heavy atom. The van der Waals surface area contributed by atoms with Crippen LogP contribution in [-0.4, -0.2) is 28.7 Å². The minimum absolute atomic E-state index is 0.176. The van der Waals surface area contributed by atoms with E-state index < -0.39 is 24.8 Å².